The van der Waals surface area contributed by atoms with Crippen molar-refractivity contribution in [2.45, 2.75) is 13.3 Å². The second-order valence-electron chi connectivity index (χ2n) is 6.02. The molecule has 2 unspecified atom stereocenters. The number of halogens is 3. The van der Waals surface area contributed by atoms with Crippen LogP contribution in [0.15, 0.2) is 36.4 Å². The van der Waals surface area contributed by atoms with E-state index in [0.717, 1.165) is 17.7 Å². The minimum atomic E-state index is -1.65. The first-order valence-corrected chi connectivity index (χ1v) is 7.68. The molecule has 1 fully saturated rings. The number of aryl methyl sites for hydroxylation is 1. The van der Waals surface area contributed by atoms with Gasteiger partial charge in [-0.1, -0.05) is 17.7 Å². The first-order valence-electron chi connectivity index (χ1n) is 7.68. The van der Waals surface area contributed by atoms with Gasteiger partial charge in [0.15, 0.2) is 17.5 Å². The number of benzene rings is 2. The summed E-state index contributed by atoms with van der Waals surface area (Å²) < 4.78 is 39.6. The molecule has 25 heavy (non-hydrogen) atoms. The summed E-state index contributed by atoms with van der Waals surface area (Å²) in [7, 11) is 0. The molecule has 0 heterocycles. The lowest BCUT2D eigenvalue weighted by molar-refractivity contribution is -0.122. The highest BCUT2D eigenvalue weighted by Gasteiger charge is 2.48. The van der Waals surface area contributed by atoms with Crippen molar-refractivity contribution in [1.82, 2.24) is 0 Å². The molecule has 0 saturated heterocycles. The third-order valence-electron chi connectivity index (χ3n) is 4.08. The summed E-state index contributed by atoms with van der Waals surface area (Å²) in [5.41, 5.74) is 1.22. The van der Waals surface area contributed by atoms with Crippen molar-refractivity contribution in [3.63, 3.8) is 0 Å². The fraction of sp³-hybridized carbons (Fsp3) is 0.222. The van der Waals surface area contributed by atoms with Crippen LogP contribution < -0.4 is 10.6 Å². The van der Waals surface area contributed by atoms with E-state index in [-0.39, 0.29) is 5.91 Å². The van der Waals surface area contributed by atoms with E-state index >= 15 is 0 Å². The van der Waals surface area contributed by atoms with Crippen LogP contribution >= 0.6 is 0 Å². The van der Waals surface area contributed by atoms with E-state index in [1.165, 1.54) is 0 Å². The minimum absolute atomic E-state index is 0.310. The minimum Gasteiger partial charge on any atom is -0.326 e. The van der Waals surface area contributed by atoms with E-state index in [1.54, 1.807) is 12.1 Å². The third kappa shape index (κ3) is 3.65. The molecule has 130 valence electrons. The molecular weight excluding hydrogens is 333 g/mol. The van der Waals surface area contributed by atoms with Gasteiger partial charge in [0, 0.05) is 5.69 Å². The van der Waals surface area contributed by atoms with Gasteiger partial charge in [-0.25, -0.2) is 13.2 Å². The van der Waals surface area contributed by atoms with Crippen LogP contribution in [-0.2, 0) is 9.59 Å². The Hall–Kier alpha value is -2.83. The predicted molar refractivity (Wildman–Crippen MR) is 86.4 cm³/mol. The van der Waals surface area contributed by atoms with Crippen molar-refractivity contribution < 1.29 is 22.8 Å². The second kappa shape index (κ2) is 6.58. The number of hydrogen-bond acceptors (Lipinski definition) is 2. The normalized spacial score (nSPS) is 18.6. The summed E-state index contributed by atoms with van der Waals surface area (Å²) in [6, 6.07) is 8.86. The second-order valence-corrected chi connectivity index (χ2v) is 6.02. The molecule has 2 aromatic carbocycles. The van der Waals surface area contributed by atoms with Gasteiger partial charge in [0.1, 0.15) is 0 Å². The topological polar surface area (TPSA) is 58.2 Å². The Bertz CT molecular complexity index is 837. The van der Waals surface area contributed by atoms with Crippen molar-refractivity contribution in [3.8, 4) is 0 Å². The lowest BCUT2D eigenvalue weighted by atomic mass is 10.2. The fourth-order valence-electron chi connectivity index (χ4n) is 2.49. The molecule has 0 bridgehead atoms. The molecule has 2 atom stereocenters. The standard InChI is InChI=1S/C18H15F3N2O2/c1-9-2-4-10(5-3-9)22-17(24)11-8-12(11)18(25)23-14-7-6-13(19)15(20)16(14)21/h2-7,11-12H,8H2,1H3,(H,22,24)(H,23,25). The Morgan fingerprint density at radius 2 is 1.48 bits per heavy atom. The first-order chi connectivity index (χ1) is 11.9. The summed E-state index contributed by atoms with van der Waals surface area (Å²) >= 11 is 0. The Kier molecular flexibility index (Phi) is 4.48. The molecular formula is C18H15F3N2O2. The molecule has 1 aliphatic rings. The van der Waals surface area contributed by atoms with E-state index < -0.39 is 40.9 Å². The number of anilines is 2. The van der Waals surface area contributed by atoms with E-state index in [1.807, 2.05) is 19.1 Å². The molecule has 1 aliphatic carbocycles. The Morgan fingerprint density at radius 1 is 0.880 bits per heavy atom. The average molecular weight is 348 g/mol. The molecule has 2 amide bonds. The zero-order chi connectivity index (χ0) is 18.1. The zero-order valence-corrected chi connectivity index (χ0v) is 13.3. The van der Waals surface area contributed by atoms with Crippen LogP contribution in [0.3, 0.4) is 0 Å². The molecule has 1 saturated carbocycles. The van der Waals surface area contributed by atoms with Gasteiger partial charge in [0.2, 0.25) is 11.8 Å². The van der Waals surface area contributed by atoms with E-state index in [4.69, 9.17) is 0 Å². The van der Waals surface area contributed by atoms with Gasteiger partial charge >= 0.3 is 0 Å². The van der Waals surface area contributed by atoms with Crippen molar-refractivity contribution in [1.29, 1.82) is 0 Å². The number of nitrogens with one attached hydrogen (secondary N) is 2. The summed E-state index contributed by atoms with van der Waals surface area (Å²) in [6.07, 6.45) is 0.314. The zero-order valence-electron chi connectivity index (χ0n) is 13.3. The smallest absolute Gasteiger partial charge is 0.228 e. The Morgan fingerprint density at radius 3 is 2.12 bits per heavy atom. The van der Waals surface area contributed by atoms with Crippen LogP contribution in [0.5, 0.6) is 0 Å². The van der Waals surface area contributed by atoms with Crippen molar-refractivity contribution >= 4 is 23.2 Å². The average Bonchev–Trinajstić information content (AvgIpc) is 3.38. The van der Waals surface area contributed by atoms with Crippen molar-refractivity contribution in [2.24, 2.45) is 11.8 Å². The highest BCUT2D eigenvalue weighted by Crippen LogP contribution is 2.40. The molecule has 0 aromatic heterocycles. The van der Waals surface area contributed by atoms with Crippen molar-refractivity contribution in [2.75, 3.05) is 10.6 Å². The van der Waals surface area contributed by atoms with Gasteiger partial charge in [-0.05, 0) is 37.6 Å². The van der Waals surface area contributed by atoms with E-state index in [9.17, 15) is 22.8 Å². The van der Waals surface area contributed by atoms with E-state index in [2.05, 4.69) is 10.6 Å². The Balaban J connectivity index is 1.59. The van der Waals surface area contributed by atoms with Crippen LogP contribution in [0, 0.1) is 36.2 Å². The van der Waals surface area contributed by atoms with Crippen LogP contribution in [0.1, 0.15) is 12.0 Å². The maximum Gasteiger partial charge on any atom is 0.228 e. The molecule has 4 nitrogen and oxygen atoms in total. The maximum atomic E-state index is 13.6. The van der Waals surface area contributed by atoms with Gasteiger partial charge in [-0.3, -0.25) is 9.59 Å². The largest absolute Gasteiger partial charge is 0.326 e. The number of rotatable bonds is 4. The first kappa shape index (κ1) is 17.0. The summed E-state index contributed by atoms with van der Waals surface area (Å²) in [6.45, 7) is 1.92. The fourth-order valence-corrected chi connectivity index (χ4v) is 2.49. The SMILES string of the molecule is Cc1ccc(NC(=O)C2CC2C(=O)Nc2ccc(F)c(F)c2F)cc1. The maximum absolute atomic E-state index is 13.6. The summed E-state index contributed by atoms with van der Waals surface area (Å²) in [5, 5.41) is 4.90. The van der Waals surface area contributed by atoms with Gasteiger partial charge in [0.05, 0.1) is 17.5 Å². The number of amides is 2. The third-order valence-corrected chi connectivity index (χ3v) is 4.08. The lowest BCUT2D eigenvalue weighted by Crippen LogP contribution is -2.21. The molecule has 2 N–H and O–H groups in total. The van der Waals surface area contributed by atoms with Gasteiger partial charge < -0.3 is 10.6 Å². The number of carbonyl (C=O) groups is 2. The molecule has 7 heteroatoms. The molecule has 0 spiro atoms. The van der Waals surface area contributed by atoms with Crippen molar-refractivity contribution in [3.05, 3.63) is 59.4 Å². The quantitative estimate of drug-likeness (QED) is 0.829. The lowest BCUT2D eigenvalue weighted by Gasteiger charge is -2.08. The van der Waals surface area contributed by atoms with Crippen LogP contribution in [0.2, 0.25) is 0 Å². The summed E-state index contributed by atoms with van der Waals surface area (Å²) in [5.74, 6) is -6.52. The Labute approximate surface area is 142 Å². The van der Waals surface area contributed by atoms with E-state index in [0.29, 0.717) is 12.1 Å². The van der Waals surface area contributed by atoms with Crippen LogP contribution in [0.4, 0.5) is 24.5 Å². The molecule has 2 aromatic rings. The molecule has 0 radical (unpaired) electrons. The number of hydrogen-bond donors (Lipinski definition) is 2. The highest BCUT2D eigenvalue weighted by atomic mass is 19.2. The van der Waals surface area contributed by atoms with Crippen LogP contribution in [-0.4, -0.2) is 11.8 Å². The number of carbonyl (C=O) groups excluding carboxylic acids is 2. The molecule has 3 rings (SSSR count). The van der Waals surface area contributed by atoms with Gasteiger partial charge in [-0.2, -0.15) is 0 Å². The van der Waals surface area contributed by atoms with Gasteiger partial charge in [0.25, 0.3) is 0 Å². The summed E-state index contributed by atoms with van der Waals surface area (Å²) in [4.78, 5) is 24.2. The van der Waals surface area contributed by atoms with Crippen LogP contribution in [0.25, 0.3) is 0 Å². The predicted octanol–water partition coefficient (Wildman–Crippen LogP) is 3.63. The monoisotopic (exact) mass is 348 g/mol. The van der Waals surface area contributed by atoms with Gasteiger partial charge in [-0.15, -0.1) is 0 Å². The molecule has 0 aliphatic heterocycles. The highest BCUT2D eigenvalue weighted by molar-refractivity contribution is 6.03.